The van der Waals surface area contributed by atoms with E-state index in [-0.39, 0.29) is 5.54 Å². The number of benzene rings is 2. The maximum atomic E-state index is 6.41. The van der Waals surface area contributed by atoms with Gasteiger partial charge in [0.05, 0.1) is 7.11 Å². The molecule has 1 N–H and O–H groups in total. The number of nitrogens with one attached hydrogen (secondary N) is 1. The Morgan fingerprint density at radius 2 is 1.71 bits per heavy atom. The Balaban J connectivity index is 2.12. The molecule has 0 aliphatic carbocycles. The molecule has 0 amide bonds. The molecule has 0 atom stereocenters. The molecule has 0 aromatic heterocycles. The van der Waals surface area contributed by atoms with E-state index in [1.807, 2.05) is 12.1 Å². The molecule has 0 radical (unpaired) electrons. The molecular weight excluding hydrogens is 322 g/mol. The molecule has 0 bridgehead atoms. The van der Waals surface area contributed by atoms with Gasteiger partial charge >= 0.3 is 0 Å². The summed E-state index contributed by atoms with van der Waals surface area (Å²) in [6, 6.07) is 12.0. The van der Waals surface area contributed by atoms with Gasteiger partial charge in [0.25, 0.3) is 0 Å². The molecule has 0 heterocycles. The standard InChI is InChI=1S/C20H26ClNO2/c1-14-6-8-15(9-7-14)13-24-19-11-17(21)16(10-18(19)23-5)12-22-20(2,3)4/h6-11,22H,12-13H2,1-5H3. The van der Waals surface area contributed by atoms with Crippen LogP contribution >= 0.6 is 11.6 Å². The number of rotatable bonds is 6. The molecule has 4 heteroatoms. The van der Waals surface area contributed by atoms with E-state index in [1.54, 1.807) is 7.11 Å². The zero-order valence-electron chi connectivity index (χ0n) is 15.1. The predicted octanol–water partition coefficient (Wildman–Crippen LogP) is 5.12. The van der Waals surface area contributed by atoms with E-state index in [1.165, 1.54) is 5.56 Å². The van der Waals surface area contributed by atoms with Crippen LogP contribution in [0.3, 0.4) is 0 Å². The van der Waals surface area contributed by atoms with Gasteiger partial charge in [0, 0.05) is 23.2 Å². The third kappa shape index (κ3) is 5.43. The van der Waals surface area contributed by atoms with Crippen LogP contribution in [0.2, 0.25) is 5.02 Å². The fourth-order valence-electron chi connectivity index (χ4n) is 2.19. The summed E-state index contributed by atoms with van der Waals surface area (Å²) in [5.74, 6) is 1.35. The smallest absolute Gasteiger partial charge is 0.163 e. The SMILES string of the molecule is COc1cc(CNC(C)(C)C)c(Cl)cc1OCc1ccc(C)cc1. The minimum absolute atomic E-state index is 0.0250. The van der Waals surface area contributed by atoms with Crippen LogP contribution < -0.4 is 14.8 Å². The molecule has 2 rings (SSSR count). The van der Waals surface area contributed by atoms with Crippen LogP contribution in [0.1, 0.15) is 37.5 Å². The van der Waals surface area contributed by atoms with Gasteiger partial charge in [-0.25, -0.2) is 0 Å². The van der Waals surface area contributed by atoms with Gasteiger partial charge in [-0.3, -0.25) is 0 Å². The number of aryl methyl sites for hydroxylation is 1. The van der Waals surface area contributed by atoms with Gasteiger partial charge in [-0.2, -0.15) is 0 Å². The molecule has 2 aromatic rings. The van der Waals surface area contributed by atoms with Gasteiger partial charge in [0.2, 0.25) is 0 Å². The lowest BCUT2D eigenvalue weighted by Crippen LogP contribution is -2.35. The van der Waals surface area contributed by atoms with Gasteiger partial charge in [-0.05, 0) is 44.9 Å². The van der Waals surface area contributed by atoms with Crippen LogP contribution in [0.15, 0.2) is 36.4 Å². The van der Waals surface area contributed by atoms with Crippen molar-refractivity contribution in [2.75, 3.05) is 7.11 Å². The molecular formula is C20H26ClNO2. The maximum absolute atomic E-state index is 6.41. The topological polar surface area (TPSA) is 30.5 Å². The van der Waals surface area contributed by atoms with Crippen LogP contribution in [0.5, 0.6) is 11.5 Å². The van der Waals surface area contributed by atoms with Crippen molar-refractivity contribution < 1.29 is 9.47 Å². The minimum atomic E-state index is 0.0250. The highest BCUT2D eigenvalue weighted by Gasteiger charge is 2.14. The van der Waals surface area contributed by atoms with E-state index >= 15 is 0 Å². The Labute approximate surface area is 149 Å². The van der Waals surface area contributed by atoms with Crippen molar-refractivity contribution in [3.63, 3.8) is 0 Å². The Morgan fingerprint density at radius 1 is 1.04 bits per heavy atom. The van der Waals surface area contributed by atoms with Gasteiger partial charge in [0.1, 0.15) is 6.61 Å². The van der Waals surface area contributed by atoms with E-state index in [0.29, 0.717) is 29.7 Å². The Hall–Kier alpha value is -1.71. The first-order valence-corrected chi connectivity index (χ1v) is 8.46. The predicted molar refractivity (Wildman–Crippen MR) is 100 cm³/mol. The zero-order chi connectivity index (χ0) is 17.7. The van der Waals surface area contributed by atoms with E-state index in [4.69, 9.17) is 21.1 Å². The van der Waals surface area contributed by atoms with Crippen LogP contribution in [0.25, 0.3) is 0 Å². The number of hydrogen-bond acceptors (Lipinski definition) is 3. The van der Waals surface area contributed by atoms with Gasteiger partial charge in [0.15, 0.2) is 11.5 Å². The van der Waals surface area contributed by atoms with E-state index < -0.39 is 0 Å². The van der Waals surface area contributed by atoms with Gasteiger partial charge in [-0.1, -0.05) is 41.4 Å². The first-order valence-electron chi connectivity index (χ1n) is 8.08. The highest BCUT2D eigenvalue weighted by molar-refractivity contribution is 6.31. The normalized spacial score (nSPS) is 11.4. The fourth-order valence-corrected chi connectivity index (χ4v) is 2.41. The third-order valence-electron chi connectivity index (χ3n) is 3.66. The molecule has 0 aliphatic heterocycles. The summed E-state index contributed by atoms with van der Waals surface area (Å²) in [7, 11) is 1.64. The summed E-state index contributed by atoms with van der Waals surface area (Å²) in [5.41, 5.74) is 3.36. The van der Waals surface area contributed by atoms with Crippen LogP contribution in [0, 0.1) is 6.92 Å². The molecule has 0 aliphatic rings. The monoisotopic (exact) mass is 347 g/mol. The zero-order valence-corrected chi connectivity index (χ0v) is 15.8. The molecule has 130 valence electrons. The van der Waals surface area contributed by atoms with Crippen molar-refractivity contribution in [1.29, 1.82) is 0 Å². The number of halogens is 1. The Morgan fingerprint density at radius 3 is 2.29 bits per heavy atom. The van der Waals surface area contributed by atoms with Crippen LogP contribution in [-0.4, -0.2) is 12.6 Å². The quantitative estimate of drug-likeness (QED) is 0.786. The number of hydrogen-bond donors (Lipinski definition) is 1. The van der Waals surface area contributed by atoms with Crippen LogP contribution in [0.4, 0.5) is 0 Å². The summed E-state index contributed by atoms with van der Waals surface area (Å²) in [5, 5.41) is 4.10. The fraction of sp³-hybridized carbons (Fsp3) is 0.400. The Kier molecular flexibility index (Phi) is 6.14. The lowest BCUT2D eigenvalue weighted by molar-refractivity contribution is 0.284. The molecule has 3 nitrogen and oxygen atoms in total. The first kappa shape index (κ1) is 18.6. The number of ether oxygens (including phenoxy) is 2. The van der Waals surface area contributed by atoms with Crippen LogP contribution in [-0.2, 0) is 13.2 Å². The number of methoxy groups -OCH3 is 1. The summed E-state index contributed by atoms with van der Waals surface area (Å²) in [6.07, 6.45) is 0. The maximum Gasteiger partial charge on any atom is 0.163 e. The van der Waals surface area contributed by atoms with Crippen molar-refractivity contribution in [2.24, 2.45) is 0 Å². The second-order valence-electron chi connectivity index (χ2n) is 6.97. The lowest BCUT2D eigenvalue weighted by Gasteiger charge is -2.21. The summed E-state index contributed by atoms with van der Waals surface area (Å²) in [6.45, 7) is 9.59. The van der Waals surface area contributed by atoms with Crippen molar-refractivity contribution in [3.05, 3.63) is 58.1 Å². The largest absolute Gasteiger partial charge is 0.493 e. The lowest BCUT2D eigenvalue weighted by atomic mass is 10.1. The molecule has 0 saturated heterocycles. The molecule has 0 unspecified atom stereocenters. The van der Waals surface area contributed by atoms with Crippen molar-refractivity contribution in [1.82, 2.24) is 5.32 Å². The summed E-state index contributed by atoms with van der Waals surface area (Å²) in [4.78, 5) is 0. The second-order valence-corrected chi connectivity index (χ2v) is 7.38. The molecule has 24 heavy (non-hydrogen) atoms. The summed E-state index contributed by atoms with van der Waals surface area (Å²) < 4.78 is 11.4. The van der Waals surface area contributed by atoms with E-state index in [9.17, 15) is 0 Å². The van der Waals surface area contributed by atoms with E-state index in [0.717, 1.165) is 11.1 Å². The minimum Gasteiger partial charge on any atom is -0.493 e. The highest BCUT2D eigenvalue weighted by Crippen LogP contribution is 2.34. The molecule has 2 aromatic carbocycles. The second kappa shape index (κ2) is 7.91. The highest BCUT2D eigenvalue weighted by atomic mass is 35.5. The average molecular weight is 348 g/mol. The third-order valence-corrected chi connectivity index (χ3v) is 4.01. The first-order chi connectivity index (χ1) is 11.3. The molecule has 0 saturated carbocycles. The van der Waals surface area contributed by atoms with Gasteiger partial charge in [-0.15, -0.1) is 0 Å². The summed E-state index contributed by atoms with van der Waals surface area (Å²) >= 11 is 6.41. The average Bonchev–Trinajstić information content (AvgIpc) is 2.52. The molecule has 0 spiro atoms. The molecule has 0 fully saturated rings. The van der Waals surface area contributed by atoms with E-state index in [2.05, 4.69) is 57.3 Å². The van der Waals surface area contributed by atoms with Crippen molar-refractivity contribution in [3.8, 4) is 11.5 Å². The Bertz CT molecular complexity index is 675. The van der Waals surface area contributed by atoms with Crippen molar-refractivity contribution >= 4 is 11.6 Å². The van der Waals surface area contributed by atoms with Gasteiger partial charge < -0.3 is 14.8 Å². The van der Waals surface area contributed by atoms with Crippen molar-refractivity contribution in [2.45, 2.75) is 46.4 Å².